The zero-order chi connectivity index (χ0) is 12.0. The van der Waals surface area contributed by atoms with Crippen LogP contribution in [0.4, 0.5) is 0 Å². The number of benzene rings is 1. The number of hydrogen-bond acceptors (Lipinski definition) is 5. The van der Waals surface area contributed by atoms with Crippen molar-refractivity contribution >= 4 is 5.91 Å². The van der Waals surface area contributed by atoms with E-state index in [1.54, 1.807) is 0 Å². The molecule has 0 aliphatic rings. The molecule has 0 heterocycles. The van der Waals surface area contributed by atoms with Gasteiger partial charge in [-0.05, 0) is 12.1 Å². The summed E-state index contributed by atoms with van der Waals surface area (Å²) in [6.07, 6.45) is 0. The first-order valence-corrected chi connectivity index (χ1v) is 4.57. The lowest BCUT2D eigenvalue weighted by Gasteiger charge is -2.06. The van der Waals surface area contributed by atoms with E-state index in [-0.39, 0.29) is 23.7 Å². The predicted octanol–water partition coefficient (Wildman–Crippen LogP) is 0.406. The topological polar surface area (TPSA) is 88.0 Å². The number of nitrogens with one attached hydrogen (secondary N) is 1. The summed E-state index contributed by atoms with van der Waals surface area (Å²) < 4.78 is 4.71. The van der Waals surface area contributed by atoms with E-state index >= 15 is 0 Å². The Morgan fingerprint density at radius 3 is 2.44 bits per heavy atom. The molecule has 0 spiro atoms. The van der Waals surface area contributed by atoms with Crippen molar-refractivity contribution in [1.29, 1.82) is 0 Å². The molecule has 3 N–H and O–H groups in total. The van der Waals surface area contributed by atoms with Gasteiger partial charge in [0.05, 0.1) is 13.2 Å². The van der Waals surface area contributed by atoms with Gasteiger partial charge in [0.1, 0.15) is 11.5 Å². The number of rotatable bonds is 5. The average molecular weight is 227 g/mol. The van der Waals surface area contributed by atoms with Crippen molar-refractivity contribution in [1.82, 2.24) is 5.48 Å². The lowest BCUT2D eigenvalue weighted by atomic mass is 10.2. The molecule has 0 atom stereocenters. The molecule has 1 rings (SSSR count). The molecule has 1 amide bonds. The van der Waals surface area contributed by atoms with Gasteiger partial charge in [0.25, 0.3) is 5.91 Å². The maximum Gasteiger partial charge on any atom is 0.275 e. The molecule has 0 aliphatic carbocycles. The number of carbonyl (C=O) groups excluding carboxylic acids is 1. The second-order valence-corrected chi connectivity index (χ2v) is 3.01. The molecule has 6 heteroatoms. The molecule has 0 saturated carbocycles. The van der Waals surface area contributed by atoms with Gasteiger partial charge in [0.15, 0.2) is 0 Å². The Morgan fingerprint density at radius 2 is 1.88 bits per heavy atom. The number of methoxy groups -OCH3 is 1. The number of hydrogen-bond donors (Lipinski definition) is 3. The first kappa shape index (κ1) is 12.3. The van der Waals surface area contributed by atoms with Crippen molar-refractivity contribution in [2.45, 2.75) is 0 Å². The van der Waals surface area contributed by atoms with E-state index in [2.05, 4.69) is 5.48 Å². The van der Waals surface area contributed by atoms with Crippen LogP contribution in [0.25, 0.3) is 0 Å². The fourth-order valence-electron chi connectivity index (χ4n) is 1.03. The van der Waals surface area contributed by atoms with E-state index in [0.717, 1.165) is 6.07 Å². The molecule has 0 unspecified atom stereocenters. The van der Waals surface area contributed by atoms with Gasteiger partial charge in [-0.3, -0.25) is 9.63 Å². The van der Waals surface area contributed by atoms with Crippen molar-refractivity contribution in [3.8, 4) is 11.5 Å². The van der Waals surface area contributed by atoms with E-state index in [1.807, 2.05) is 0 Å². The maximum atomic E-state index is 11.4. The number of hydroxylamine groups is 1. The van der Waals surface area contributed by atoms with E-state index in [0.29, 0.717) is 6.61 Å². The summed E-state index contributed by atoms with van der Waals surface area (Å²) in [6, 6.07) is 3.56. The number of carbonyl (C=O) groups is 1. The monoisotopic (exact) mass is 227 g/mol. The lowest BCUT2D eigenvalue weighted by Crippen LogP contribution is -2.25. The molecule has 6 nitrogen and oxygen atoms in total. The molecule has 16 heavy (non-hydrogen) atoms. The lowest BCUT2D eigenvalue weighted by molar-refractivity contribution is 0.00885. The van der Waals surface area contributed by atoms with Crippen LogP contribution >= 0.6 is 0 Å². The summed E-state index contributed by atoms with van der Waals surface area (Å²) >= 11 is 0. The minimum Gasteiger partial charge on any atom is -0.508 e. The van der Waals surface area contributed by atoms with Gasteiger partial charge < -0.3 is 14.9 Å². The quantitative estimate of drug-likeness (QED) is 0.500. The summed E-state index contributed by atoms with van der Waals surface area (Å²) in [6.45, 7) is 0.568. The molecule has 1 aromatic rings. The SMILES string of the molecule is COCCONC(=O)c1cc(O)cc(O)c1. The highest BCUT2D eigenvalue weighted by molar-refractivity contribution is 5.94. The Hall–Kier alpha value is -1.79. The summed E-state index contributed by atoms with van der Waals surface area (Å²) in [5.41, 5.74) is 2.25. The Balaban J connectivity index is 2.52. The Labute approximate surface area is 92.4 Å². The second-order valence-electron chi connectivity index (χ2n) is 3.01. The zero-order valence-corrected chi connectivity index (χ0v) is 8.77. The first-order chi connectivity index (χ1) is 7.63. The van der Waals surface area contributed by atoms with Crippen molar-refractivity contribution in [2.24, 2.45) is 0 Å². The van der Waals surface area contributed by atoms with Gasteiger partial charge in [0.2, 0.25) is 0 Å². The molecule has 0 bridgehead atoms. The number of aromatic hydroxyl groups is 2. The first-order valence-electron chi connectivity index (χ1n) is 4.57. The average Bonchev–Trinajstić information content (AvgIpc) is 2.22. The van der Waals surface area contributed by atoms with E-state index in [9.17, 15) is 4.79 Å². The molecule has 0 saturated heterocycles. The third kappa shape index (κ3) is 3.76. The third-order valence-electron chi connectivity index (χ3n) is 1.72. The molecule has 0 aromatic heterocycles. The zero-order valence-electron chi connectivity index (χ0n) is 8.77. The minimum atomic E-state index is -0.553. The van der Waals surface area contributed by atoms with Crippen LogP contribution in [0.2, 0.25) is 0 Å². The third-order valence-corrected chi connectivity index (χ3v) is 1.72. The van der Waals surface area contributed by atoms with Crippen molar-refractivity contribution in [2.75, 3.05) is 20.3 Å². The fraction of sp³-hybridized carbons (Fsp3) is 0.300. The van der Waals surface area contributed by atoms with E-state index < -0.39 is 5.91 Å². The molecule has 0 fully saturated rings. The van der Waals surface area contributed by atoms with Gasteiger partial charge in [-0.2, -0.15) is 0 Å². The van der Waals surface area contributed by atoms with Gasteiger partial charge in [-0.25, -0.2) is 5.48 Å². The van der Waals surface area contributed by atoms with Crippen molar-refractivity contribution < 1.29 is 24.6 Å². The van der Waals surface area contributed by atoms with E-state index in [1.165, 1.54) is 19.2 Å². The Bertz CT molecular complexity index is 346. The van der Waals surface area contributed by atoms with Gasteiger partial charge in [0, 0.05) is 18.7 Å². The van der Waals surface area contributed by atoms with Crippen LogP contribution in [0.5, 0.6) is 11.5 Å². The second kappa shape index (κ2) is 5.94. The van der Waals surface area contributed by atoms with Crippen LogP contribution in [0, 0.1) is 0 Å². The van der Waals surface area contributed by atoms with Crippen LogP contribution in [-0.4, -0.2) is 36.4 Å². The highest BCUT2D eigenvalue weighted by Gasteiger charge is 2.08. The highest BCUT2D eigenvalue weighted by atomic mass is 16.7. The summed E-state index contributed by atoms with van der Waals surface area (Å²) in [5, 5.41) is 18.3. The smallest absolute Gasteiger partial charge is 0.275 e. The number of phenolic OH excluding ortho intramolecular Hbond substituents is 2. The van der Waals surface area contributed by atoms with E-state index in [4.69, 9.17) is 19.8 Å². The molecule has 0 aliphatic heterocycles. The fourth-order valence-corrected chi connectivity index (χ4v) is 1.03. The van der Waals surface area contributed by atoms with Crippen molar-refractivity contribution in [3.05, 3.63) is 23.8 Å². The Morgan fingerprint density at radius 1 is 1.25 bits per heavy atom. The van der Waals surface area contributed by atoms with Gasteiger partial charge >= 0.3 is 0 Å². The number of ether oxygens (including phenoxy) is 1. The van der Waals surface area contributed by atoms with Crippen LogP contribution < -0.4 is 5.48 Å². The van der Waals surface area contributed by atoms with Gasteiger partial charge in [-0.15, -0.1) is 0 Å². The molecular weight excluding hydrogens is 214 g/mol. The standard InChI is InChI=1S/C10H13NO5/c1-15-2-3-16-11-10(14)7-4-8(12)6-9(13)5-7/h4-6,12-13H,2-3H2,1H3,(H,11,14). The summed E-state index contributed by atoms with van der Waals surface area (Å²) in [4.78, 5) is 16.2. The molecule has 0 radical (unpaired) electrons. The molecular formula is C10H13NO5. The molecule has 1 aromatic carbocycles. The Kier molecular flexibility index (Phi) is 4.56. The van der Waals surface area contributed by atoms with Crippen LogP contribution in [0.1, 0.15) is 10.4 Å². The maximum absolute atomic E-state index is 11.4. The van der Waals surface area contributed by atoms with Crippen molar-refractivity contribution in [3.63, 3.8) is 0 Å². The van der Waals surface area contributed by atoms with Gasteiger partial charge in [-0.1, -0.05) is 0 Å². The predicted molar refractivity (Wildman–Crippen MR) is 55.1 cm³/mol. The largest absolute Gasteiger partial charge is 0.508 e. The normalized spacial score (nSPS) is 10.1. The highest BCUT2D eigenvalue weighted by Crippen LogP contribution is 2.20. The van der Waals surface area contributed by atoms with Crippen LogP contribution in [-0.2, 0) is 9.57 Å². The summed E-state index contributed by atoms with van der Waals surface area (Å²) in [7, 11) is 1.51. The van der Waals surface area contributed by atoms with Crippen LogP contribution in [0.3, 0.4) is 0 Å². The molecule has 88 valence electrons. The summed E-state index contributed by atoms with van der Waals surface area (Å²) in [5.74, 6) is -0.939. The van der Waals surface area contributed by atoms with Crippen LogP contribution in [0.15, 0.2) is 18.2 Å². The minimum absolute atomic E-state index is 0.106. The number of amides is 1. The number of phenols is 2.